The van der Waals surface area contributed by atoms with Crippen molar-refractivity contribution in [2.24, 2.45) is 4.99 Å². The summed E-state index contributed by atoms with van der Waals surface area (Å²) in [4.78, 5) is 14.2. The molecule has 2 aromatic carbocycles. The number of aromatic hydroxyl groups is 1. The lowest BCUT2D eigenvalue weighted by Crippen LogP contribution is -1.90. The number of non-ortho nitro benzene ring substituents is 1. The van der Waals surface area contributed by atoms with E-state index in [0.717, 1.165) is 0 Å². The summed E-state index contributed by atoms with van der Waals surface area (Å²) >= 11 is 11.8. The zero-order valence-electron chi connectivity index (χ0n) is 9.96. The number of nitro groups is 1. The molecule has 5 nitrogen and oxygen atoms in total. The second kappa shape index (κ2) is 5.90. The number of phenolic OH excluding ortho intramolecular Hbond substituents is 1. The Hall–Kier alpha value is -2.11. The number of aliphatic imine (C=N–C) groups is 1. The van der Waals surface area contributed by atoms with Crippen LogP contribution in [0.15, 0.2) is 41.4 Å². The van der Waals surface area contributed by atoms with Crippen LogP contribution in [0.1, 0.15) is 5.56 Å². The van der Waals surface area contributed by atoms with Crippen molar-refractivity contribution >= 4 is 40.8 Å². The summed E-state index contributed by atoms with van der Waals surface area (Å²) in [5.41, 5.74) is 0.488. The number of hydrogen-bond acceptors (Lipinski definition) is 4. The van der Waals surface area contributed by atoms with Crippen LogP contribution < -0.4 is 0 Å². The molecule has 7 heteroatoms. The molecule has 0 atom stereocenters. The highest BCUT2D eigenvalue weighted by atomic mass is 35.5. The first-order valence-corrected chi connectivity index (χ1v) is 6.20. The Morgan fingerprint density at radius 2 is 2.00 bits per heavy atom. The fourth-order valence-corrected chi connectivity index (χ4v) is 1.83. The third-order valence-corrected chi connectivity index (χ3v) is 3.30. The van der Waals surface area contributed by atoms with Crippen molar-refractivity contribution in [1.82, 2.24) is 0 Å². The van der Waals surface area contributed by atoms with Gasteiger partial charge in [-0.15, -0.1) is 0 Å². The number of halogens is 2. The fraction of sp³-hybridized carbons (Fsp3) is 0. The molecule has 0 aliphatic heterocycles. The Labute approximate surface area is 124 Å². The molecule has 20 heavy (non-hydrogen) atoms. The van der Waals surface area contributed by atoms with Crippen molar-refractivity contribution in [2.75, 3.05) is 0 Å². The van der Waals surface area contributed by atoms with Gasteiger partial charge in [-0.1, -0.05) is 29.3 Å². The molecule has 1 N–H and O–H groups in total. The van der Waals surface area contributed by atoms with Gasteiger partial charge in [0.05, 0.1) is 20.7 Å². The Kier molecular flexibility index (Phi) is 4.22. The average Bonchev–Trinajstić information content (AvgIpc) is 2.41. The first kappa shape index (κ1) is 14.3. The quantitative estimate of drug-likeness (QED) is 0.520. The van der Waals surface area contributed by atoms with Crippen LogP contribution in [-0.2, 0) is 0 Å². The predicted octanol–water partition coefficient (Wildman–Crippen LogP) is 4.36. The van der Waals surface area contributed by atoms with Crippen LogP contribution in [0.3, 0.4) is 0 Å². The molecule has 0 aliphatic rings. The highest BCUT2D eigenvalue weighted by molar-refractivity contribution is 6.43. The highest BCUT2D eigenvalue weighted by Crippen LogP contribution is 2.32. The first-order chi connectivity index (χ1) is 9.49. The molecule has 2 aromatic rings. The topological polar surface area (TPSA) is 75.7 Å². The molecule has 0 saturated heterocycles. The van der Waals surface area contributed by atoms with Gasteiger partial charge < -0.3 is 5.11 Å². The third kappa shape index (κ3) is 3.07. The van der Waals surface area contributed by atoms with E-state index >= 15 is 0 Å². The summed E-state index contributed by atoms with van der Waals surface area (Å²) in [5.74, 6) is -0.113. The van der Waals surface area contributed by atoms with E-state index in [-0.39, 0.29) is 22.0 Å². The van der Waals surface area contributed by atoms with Gasteiger partial charge in [-0.3, -0.25) is 15.1 Å². The van der Waals surface area contributed by atoms with E-state index in [1.165, 1.54) is 24.4 Å². The average molecular weight is 311 g/mol. The van der Waals surface area contributed by atoms with Gasteiger partial charge in [0.15, 0.2) is 0 Å². The van der Waals surface area contributed by atoms with Crippen molar-refractivity contribution < 1.29 is 10.0 Å². The van der Waals surface area contributed by atoms with Crippen LogP contribution in [-0.4, -0.2) is 16.2 Å². The van der Waals surface area contributed by atoms with Crippen LogP contribution in [0.25, 0.3) is 0 Å². The van der Waals surface area contributed by atoms with Gasteiger partial charge in [-0.25, -0.2) is 0 Å². The summed E-state index contributed by atoms with van der Waals surface area (Å²) in [7, 11) is 0. The van der Waals surface area contributed by atoms with E-state index in [2.05, 4.69) is 4.99 Å². The van der Waals surface area contributed by atoms with Gasteiger partial charge >= 0.3 is 0 Å². The number of rotatable bonds is 3. The maximum absolute atomic E-state index is 10.7. The van der Waals surface area contributed by atoms with Gasteiger partial charge in [0, 0.05) is 23.9 Å². The van der Waals surface area contributed by atoms with Gasteiger partial charge in [-0.2, -0.15) is 0 Å². The smallest absolute Gasteiger partial charge is 0.270 e. The normalized spacial score (nSPS) is 10.9. The van der Waals surface area contributed by atoms with Crippen LogP contribution in [0.4, 0.5) is 11.4 Å². The Bertz CT molecular complexity index is 702. The zero-order valence-corrected chi connectivity index (χ0v) is 11.5. The minimum Gasteiger partial charge on any atom is -0.507 e. The number of benzene rings is 2. The minimum absolute atomic E-state index is 0.113. The Balaban J connectivity index is 2.38. The molecule has 0 aromatic heterocycles. The molecule has 102 valence electrons. The minimum atomic E-state index is -0.552. The SMILES string of the molecule is O=[N+]([O-])c1ccc(O)c(C=Nc2cccc(Cl)c2Cl)c1. The number of nitro benzene ring substituents is 1. The van der Waals surface area contributed by atoms with Crippen molar-refractivity contribution in [2.45, 2.75) is 0 Å². The number of phenols is 1. The van der Waals surface area contributed by atoms with Crippen LogP contribution >= 0.6 is 23.2 Å². The maximum Gasteiger partial charge on any atom is 0.270 e. The monoisotopic (exact) mass is 310 g/mol. The van der Waals surface area contributed by atoms with E-state index in [4.69, 9.17) is 23.2 Å². The van der Waals surface area contributed by atoms with Gasteiger partial charge in [0.1, 0.15) is 5.75 Å². The lowest BCUT2D eigenvalue weighted by Gasteiger charge is -2.01. The van der Waals surface area contributed by atoms with Gasteiger partial charge in [-0.05, 0) is 18.2 Å². The molecular weight excluding hydrogens is 303 g/mol. The Morgan fingerprint density at radius 1 is 1.25 bits per heavy atom. The van der Waals surface area contributed by atoms with Crippen molar-refractivity contribution in [3.8, 4) is 5.75 Å². The molecule has 0 fully saturated rings. The van der Waals surface area contributed by atoms with E-state index in [9.17, 15) is 15.2 Å². The summed E-state index contributed by atoms with van der Waals surface area (Å²) in [6, 6.07) is 8.59. The van der Waals surface area contributed by atoms with Gasteiger partial charge in [0.2, 0.25) is 0 Å². The second-order valence-electron chi connectivity index (χ2n) is 3.83. The molecular formula is C13H8Cl2N2O3. The van der Waals surface area contributed by atoms with Crippen LogP contribution in [0, 0.1) is 10.1 Å². The second-order valence-corrected chi connectivity index (χ2v) is 4.62. The van der Waals surface area contributed by atoms with Crippen molar-refractivity contribution in [3.05, 3.63) is 62.1 Å². The number of nitrogens with zero attached hydrogens (tertiary/aromatic N) is 2. The third-order valence-electron chi connectivity index (χ3n) is 2.50. The fourth-order valence-electron chi connectivity index (χ4n) is 1.49. The van der Waals surface area contributed by atoms with E-state index < -0.39 is 4.92 Å². The molecule has 0 unspecified atom stereocenters. The predicted molar refractivity (Wildman–Crippen MR) is 78.5 cm³/mol. The summed E-state index contributed by atoms with van der Waals surface area (Å²) in [6.07, 6.45) is 1.29. The lowest BCUT2D eigenvalue weighted by molar-refractivity contribution is -0.384. The zero-order chi connectivity index (χ0) is 14.7. The molecule has 0 spiro atoms. The molecule has 0 amide bonds. The largest absolute Gasteiger partial charge is 0.507 e. The molecule has 0 aliphatic carbocycles. The molecule has 0 bridgehead atoms. The van der Waals surface area contributed by atoms with E-state index in [1.807, 2.05) is 0 Å². The Morgan fingerprint density at radius 3 is 2.70 bits per heavy atom. The molecule has 0 saturated carbocycles. The van der Waals surface area contributed by atoms with E-state index in [1.54, 1.807) is 18.2 Å². The maximum atomic E-state index is 10.7. The van der Waals surface area contributed by atoms with Crippen LogP contribution in [0.5, 0.6) is 5.75 Å². The van der Waals surface area contributed by atoms with Gasteiger partial charge in [0.25, 0.3) is 5.69 Å². The standard InChI is InChI=1S/C13H8Cl2N2O3/c14-10-2-1-3-11(13(10)15)16-7-8-6-9(17(19)20)4-5-12(8)18/h1-7,18H. The molecule has 2 rings (SSSR count). The number of hydrogen-bond donors (Lipinski definition) is 1. The van der Waals surface area contributed by atoms with Crippen molar-refractivity contribution in [3.63, 3.8) is 0 Å². The highest BCUT2D eigenvalue weighted by Gasteiger charge is 2.09. The molecule has 0 radical (unpaired) electrons. The van der Waals surface area contributed by atoms with Crippen molar-refractivity contribution in [1.29, 1.82) is 0 Å². The lowest BCUT2D eigenvalue weighted by atomic mass is 10.2. The molecule has 0 heterocycles. The summed E-state index contributed by atoms with van der Waals surface area (Å²) in [6.45, 7) is 0. The summed E-state index contributed by atoms with van der Waals surface area (Å²) in [5, 5.41) is 20.9. The first-order valence-electron chi connectivity index (χ1n) is 5.44. The van der Waals surface area contributed by atoms with E-state index in [0.29, 0.717) is 10.7 Å². The summed E-state index contributed by atoms with van der Waals surface area (Å²) < 4.78 is 0. The van der Waals surface area contributed by atoms with Crippen LogP contribution in [0.2, 0.25) is 10.0 Å².